The lowest BCUT2D eigenvalue weighted by Gasteiger charge is -2.14. The number of hydrogen-bond donors (Lipinski definition) is 2. The zero-order valence-corrected chi connectivity index (χ0v) is 14.1. The van der Waals surface area contributed by atoms with E-state index in [9.17, 15) is 5.11 Å². The topological polar surface area (TPSA) is 50.1 Å². The standard InChI is InChI=1S/C17H17Cl2N3O/c1-11(23)9-20-17-21-15-7-2-3-8-16(15)22(17)10-12-13(18)5-4-6-14(12)19/h2-8,11,23H,9-10H2,1H3,(H,20,21)/t11-/m1/s1. The van der Waals surface area contributed by atoms with Crippen LogP contribution in [0, 0.1) is 0 Å². The molecule has 0 saturated carbocycles. The average molecular weight is 350 g/mol. The van der Waals surface area contributed by atoms with Gasteiger partial charge in [-0.15, -0.1) is 0 Å². The summed E-state index contributed by atoms with van der Waals surface area (Å²) in [5.74, 6) is 0.683. The van der Waals surface area contributed by atoms with Crippen molar-refractivity contribution in [3.8, 4) is 0 Å². The van der Waals surface area contributed by atoms with Gasteiger partial charge < -0.3 is 15.0 Å². The first-order chi connectivity index (χ1) is 11.1. The molecule has 0 saturated heterocycles. The van der Waals surface area contributed by atoms with E-state index in [1.807, 2.05) is 47.0 Å². The Morgan fingerprint density at radius 3 is 2.52 bits per heavy atom. The van der Waals surface area contributed by atoms with Crippen LogP contribution in [0.25, 0.3) is 11.0 Å². The fraction of sp³-hybridized carbons (Fsp3) is 0.235. The van der Waals surface area contributed by atoms with Gasteiger partial charge in [0.2, 0.25) is 5.95 Å². The van der Waals surface area contributed by atoms with Gasteiger partial charge in [0.1, 0.15) is 0 Å². The van der Waals surface area contributed by atoms with E-state index in [1.165, 1.54) is 0 Å². The van der Waals surface area contributed by atoms with E-state index in [1.54, 1.807) is 6.92 Å². The number of nitrogens with one attached hydrogen (secondary N) is 1. The number of aromatic nitrogens is 2. The maximum absolute atomic E-state index is 9.52. The summed E-state index contributed by atoms with van der Waals surface area (Å²) in [4.78, 5) is 4.59. The lowest BCUT2D eigenvalue weighted by atomic mass is 10.2. The molecule has 0 unspecified atom stereocenters. The van der Waals surface area contributed by atoms with Gasteiger partial charge in [0, 0.05) is 22.2 Å². The molecule has 0 fully saturated rings. The van der Waals surface area contributed by atoms with E-state index in [0.29, 0.717) is 29.1 Å². The number of rotatable bonds is 5. The van der Waals surface area contributed by atoms with E-state index >= 15 is 0 Å². The summed E-state index contributed by atoms with van der Waals surface area (Å²) < 4.78 is 2.02. The molecule has 0 spiro atoms. The Balaban J connectivity index is 2.05. The summed E-state index contributed by atoms with van der Waals surface area (Å²) in [5, 5.41) is 13.9. The molecule has 4 nitrogen and oxygen atoms in total. The molecule has 1 atom stereocenters. The highest BCUT2D eigenvalue weighted by atomic mass is 35.5. The van der Waals surface area contributed by atoms with Gasteiger partial charge >= 0.3 is 0 Å². The fourth-order valence-corrected chi connectivity index (χ4v) is 2.97. The number of aliphatic hydroxyl groups excluding tert-OH is 1. The first kappa shape index (κ1) is 16.1. The molecule has 23 heavy (non-hydrogen) atoms. The lowest BCUT2D eigenvalue weighted by Crippen LogP contribution is -2.18. The molecular weight excluding hydrogens is 333 g/mol. The Morgan fingerprint density at radius 2 is 1.83 bits per heavy atom. The van der Waals surface area contributed by atoms with Crippen molar-refractivity contribution in [1.82, 2.24) is 9.55 Å². The smallest absolute Gasteiger partial charge is 0.204 e. The van der Waals surface area contributed by atoms with Gasteiger partial charge in [-0.25, -0.2) is 4.98 Å². The summed E-state index contributed by atoms with van der Waals surface area (Å²) in [6.45, 7) is 2.64. The van der Waals surface area contributed by atoms with Crippen LogP contribution in [0.4, 0.5) is 5.95 Å². The van der Waals surface area contributed by atoms with Crippen LogP contribution in [0.1, 0.15) is 12.5 Å². The Kier molecular flexibility index (Phi) is 4.76. The molecule has 0 aliphatic rings. The fourth-order valence-electron chi connectivity index (χ4n) is 2.45. The molecule has 1 heterocycles. The summed E-state index contributed by atoms with van der Waals surface area (Å²) in [7, 11) is 0. The van der Waals surface area contributed by atoms with Crippen molar-refractivity contribution in [2.45, 2.75) is 19.6 Å². The second-order valence-electron chi connectivity index (χ2n) is 5.44. The minimum atomic E-state index is -0.466. The van der Waals surface area contributed by atoms with E-state index in [4.69, 9.17) is 23.2 Å². The summed E-state index contributed by atoms with van der Waals surface area (Å²) in [5.41, 5.74) is 2.71. The highest BCUT2D eigenvalue weighted by Crippen LogP contribution is 2.28. The molecule has 2 N–H and O–H groups in total. The maximum Gasteiger partial charge on any atom is 0.204 e. The van der Waals surface area contributed by atoms with Gasteiger partial charge in [-0.05, 0) is 31.2 Å². The second-order valence-corrected chi connectivity index (χ2v) is 6.25. The van der Waals surface area contributed by atoms with E-state index in [0.717, 1.165) is 16.6 Å². The predicted molar refractivity (Wildman–Crippen MR) is 95.5 cm³/mol. The number of halogens is 2. The summed E-state index contributed by atoms with van der Waals surface area (Å²) in [6, 6.07) is 13.3. The number of nitrogens with zero attached hydrogens (tertiary/aromatic N) is 2. The van der Waals surface area contributed by atoms with Crippen molar-refractivity contribution in [2.75, 3.05) is 11.9 Å². The molecule has 0 amide bonds. The molecule has 1 aromatic heterocycles. The minimum absolute atomic E-state index is 0.416. The van der Waals surface area contributed by atoms with Gasteiger partial charge in [-0.1, -0.05) is 41.4 Å². The Labute approximate surface area is 144 Å². The summed E-state index contributed by atoms with van der Waals surface area (Å²) in [6.07, 6.45) is -0.466. The molecule has 0 aliphatic carbocycles. The van der Waals surface area contributed by atoms with Gasteiger partial charge in [0.15, 0.2) is 0 Å². The molecule has 3 aromatic rings. The second kappa shape index (κ2) is 6.79. The van der Waals surface area contributed by atoms with Crippen molar-refractivity contribution in [3.05, 3.63) is 58.1 Å². The maximum atomic E-state index is 9.52. The van der Waals surface area contributed by atoms with Crippen LogP contribution < -0.4 is 5.32 Å². The molecule has 120 valence electrons. The minimum Gasteiger partial charge on any atom is -0.392 e. The third-order valence-corrected chi connectivity index (χ3v) is 4.30. The highest BCUT2D eigenvalue weighted by molar-refractivity contribution is 6.36. The van der Waals surface area contributed by atoms with E-state index < -0.39 is 6.10 Å². The van der Waals surface area contributed by atoms with E-state index in [-0.39, 0.29) is 0 Å². The third kappa shape index (κ3) is 3.44. The molecule has 3 rings (SSSR count). The number of anilines is 1. The quantitative estimate of drug-likeness (QED) is 0.726. The Morgan fingerprint density at radius 1 is 1.13 bits per heavy atom. The first-order valence-corrected chi connectivity index (χ1v) is 8.12. The number of benzene rings is 2. The molecule has 0 bridgehead atoms. The Bertz CT molecular complexity index is 810. The summed E-state index contributed by atoms with van der Waals surface area (Å²) >= 11 is 12.6. The molecule has 6 heteroatoms. The predicted octanol–water partition coefficient (Wildman–Crippen LogP) is 4.18. The highest BCUT2D eigenvalue weighted by Gasteiger charge is 2.14. The van der Waals surface area contributed by atoms with Gasteiger partial charge in [0.05, 0.1) is 23.7 Å². The number of hydrogen-bond acceptors (Lipinski definition) is 3. The van der Waals surface area contributed by atoms with Crippen LogP contribution >= 0.6 is 23.2 Å². The van der Waals surface area contributed by atoms with Crippen molar-refractivity contribution < 1.29 is 5.11 Å². The largest absolute Gasteiger partial charge is 0.392 e. The average Bonchev–Trinajstić information content (AvgIpc) is 2.87. The van der Waals surface area contributed by atoms with Crippen molar-refractivity contribution >= 4 is 40.2 Å². The monoisotopic (exact) mass is 349 g/mol. The SMILES string of the molecule is C[C@@H](O)CNc1nc2ccccc2n1Cc1c(Cl)cccc1Cl. The zero-order chi connectivity index (χ0) is 16.4. The first-order valence-electron chi connectivity index (χ1n) is 7.36. The van der Waals surface area contributed by atoms with Crippen LogP contribution in [0.3, 0.4) is 0 Å². The van der Waals surface area contributed by atoms with Gasteiger partial charge in [-0.2, -0.15) is 0 Å². The van der Waals surface area contributed by atoms with Crippen LogP contribution in [0.2, 0.25) is 10.0 Å². The lowest BCUT2D eigenvalue weighted by molar-refractivity contribution is 0.208. The van der Waals surface area contributed by atoms with Crippen LogP contribution in [0.5, 0.6) is 0 Å². The number of imidazole rings is 1. The van der Waals surface area contributed by atoms with Gasteiger partial charge in [0.25, 0.3) is 0 Å². The number of fused-ring (bicyclic) bond motifs is 1. The zero-order valence-electron chi connectivity index (χ0n) is 12.6. The van der Waals surface area contributed by atoms with Crippen molar-refractivity contribution in [1.29, 1.82) is 0 Å². The Hall–Kier alpha value is -1.75. The van der Waals surface area contributed by atoms with Crippen LogP contribution in [-0.4, -0.2) is 27.3 Å². The third-order valence-electron chi connectivity index (χ3n) is 3.59. The van der Waals surface area contributed by atoms with E-state index in [2.05, 4.69) is 10.3 Å². The van der Waals surface area contributed by atoms with Crippen molar-refractivity contribution in [3.63, 3.8) is 0 Å². The number of para-hydroxylation sites is 2. The van der Waals surface area contributed by atoms with Crippen LogP contribution in [0.15, 0.2) is 42.5 Å². The van der Waals surface area contributed by atoms with Crippen LogP contribution in [-0.2, 0) is 6.54 Å². The molecule has 0 aliphatic heterocycles. The molecule has 2 aromatic carbocycles. The molecular formula is C17H17Cl2N3O. The van der Waals surface area contributed by atoms with Crippen molar-refractivity contribution in [2.24, 2.45) is 0 Å². The normalized spacial score (nSPS) is 12.5. The number of aliphatic hydroxyl groups is 1. The van der Waals surface area contributed by atoms with Gasteiger partial charge in [-0.3, -0.25) is 0 Å². The molecule has 0 radical (unpaired) electrons.